The molecule has 4 aromatic rings. The van der Waals surface area contributed by atoms with Crippen molar-refractivity contribution < 1.29 is 9.47 Å². The van der Waals surface area contributed by atoms with Gasteiger partial charge in [-0.1, -0.05) is 60.7 Å². The zero-order valence-corrected chi connectivity index (χ0v) is 15.4. The van der Waals surface area contributed by atoms with Crippen molar-refractivity contribution in [2.45, 2.75) is 5.92 Å². The fraction of sp³-hybridized carbons (Fsp3) is 0.125. The summed E-state index contributed by atoms with van der Waals surface area (Å²) in [5, 5.41) is 2.14. The number of nitrogens with zero attached hydrogens (tertiary/aromatic N) is 1. The van der Waals surface area contributed by atoms with Gasteiger partial charge in [0, 0.05) is 11.6 Å². The first-order valence-electron chi connectivity index (χ1n) is 8.92. The third-order valence-electron chi connectivity index (χ3n) is 4.84. The highest BCUT2D eigenvalue weighted by Crippen LogP contribution is 2.38. The van der Waals surface area contributed by atoms with E-state index in [4.69, 9.17) is 14.5 Å². The van der Waals surface area contributed by atoms with Gasteiger partial charge >= 0.3 is 0 Å². The molecule has 3 aromatic carbocycles. The minimum Gasteiger partial charge on any atom is -0.493 e. The van der Waals surface area contributed by atoms with Gasteiger partial charge < -0.3 is 9.47 Å². The Balaban J connectivity index is 1.99. The Morgan fingerprint density at radius 1 is 0.704 bits per heavy atom. The van der Waals surface area contributed by atoms with Crippen LogP contribution in [0.4, 0.5) is 0 Å². The van der Waals surface area contributed by atoms with Crippen molar-refractivity contribution in [3.8, 4) is 11.5 Å². The maximum atomic E-state index is 5.54. The van der Waals surface area contributed by atoms with Crippen molar-refractivity contribution in [3.05, 3.63) is 102 Å². The second kappa shape index (κ2) is 7.50. The number of hydrogen-bond donors (Lipinski definition) is 0. The van der Waals surface area contributed by atoms with Crippen LogP contribution in [-0.2, 0) is 0 Å². The Morgan fingerprint density at radius 3 is 1.81 bits per heavy atom. The van der Waals surface area contributed by atoms with Crippen LogP contribution in [0.5, 0.6) is 11.5 Å². The van der Waals surface area contributed by atoms with Crippen molar-refractivity contribution in [3.63, 3.8) is 0 Å². The molecular formula is C24H21NO2. The third-order valence-corrected chi connectivity index (χ3v) is 4.84. The Hall–Kier alpha value is -3.33. The summed E-state index contributed by atoms with van der Waals surface area (Å²) >= 11 is 0. The molecule has 0 amide bonds. The SMILES string of the molecule is COc1cc2ccnc(C(c3ccccc3)c3ccccc3)c2cc1OC. The predicted octanol–water partition coefficient (Wildman–Crippen LogP) is 5.43. The van der Waals surface area contributed by atoms with Gasteiger partial charge in [-0.3, -0.25) is 4.98 Å². The average Bonchev–Trinajstić information content (AvgIpc) is 2.74. The molecule has 0 N–H and O–H groups in total. The van der Waals surface area contributed by atoms with E-state index in [0.717, 1.165) is 22.2 Å². The second-order valence-electron chi connectivity index (χ2n) is 6.38. The number of rotatable bonds is 5. The van der Waals surface area contributed by atoms with E-state index in [1.54, 1.807) is 14.2 Å². The van der Waals surface area contributed by atoms with Gasteiger partial charge in [0.1, 0.15) is 0 Å². The van der Waals surface area contributed by atoms with Crippen LogP contribution < -0.4 is 9.47 Å². The first-order chi connectivity index (χ1) is 13.3. The van der Waals surface area contributed by atoms with E-state index < -0.39 is 0 Å². The molecule has 1 heterocycles. The number of methoxy groups -OCH3 is 2. The summed E-state index contributed by atoms with van der Waals surface area (Å²) in [6, 6.07) is 27.0. The molecule has 1 aromatic heterocycles. The molecule has 3 nitrogen and oxygen atoms in total. The van der Waals surface area contributed by atoms with Gasteiger partial charge in [0.05, 0.1) is 25.8 Å². The molecule has 0 unspecified atom stereocenters. The lowest BCUT2D eigenvalue weighted by atomic mass is 9.86. The van der Waals surface area contributed by atoms with Crippen molar-refractivity contribution >= 4 is 10.8 Å². The van der Waals surface area contributed by atoms with Crippen LogP contribution in [0, 0.1) is 0 Å². The molecule has 27 heavy (non-hydrogen) atoms. The number of aromatic nitrogens is 1. The van der Waals surface area contributed by atoms with Crippen LogP contribution in [0.15, 0.2) is 85.1 Å². The van der Waals surface area contributed by atoms with Crippen molar-refractivity contribution in [2.24, 2.45) is 0 Å². The molecule has 0 bridgehead atoms. The predicted molar refractivity (Wildman–Crippen MR) is 109 cm³/mol. The lowest BCUT2D eigenvalue weighted by Gasteiger charge is -2.20. The van der Waals surface area contributed by atoms with E-state index in [1.165, 1.54) is 11.1 Å². The zero-order chi connectivity index (χ0) is 18.6. The minimum absolute atomic E-state index is 0.0363. The van der Waals surface area contributed by atoms with E-state index in [1.807, 2.05) is 36.5 Å². The van der Waals surface area contributed by atoms with Crippen molar-refractivity contribution in [1.29, 1.82) is 0 Å². The summed E-state index contributed by atoms with van der Waals surface area (Å²) in [6.45, 7) is 0. The summed E-state index contributed by atoms with van der Waals surface area (Å²) in [5.74, 6) is 1.46. The van der Waals surface area contributed by atoms with Crippen molar-refractivity contribution in [1.82, 2.24) is 4.98 Å². The lowest BCUT2D eigenvalue weighted by molar-refractivity contribution is 0.356. The van der Waals surface area contributed by atoms with Gasteiger partial charge in [-0.25, -0.2) is 0 Å². The molecule has 0 atom stereocenters. The minimum atomic E-state index is 0.0363. The largest absolute Gasteiger partial charge is 0.493 e. The van der Waals surface area contributed by atoms with Crippen LogP contribution in [0.25, 0.3) is 10.8 Å². The number of pyridine rings is 1. The van der Waals surface area contributed by atoms with Crippen LogP contribution in [0.2, 0.25) is 0 Å². The van der Waals surface area contributed by atoms with Crippen LogP contribution in [0.3, 0.4) is 0 Å². The molecule has 0 saturated carbocycles. The Bertz CT molecular complexity index is 1010. The molecule has 0 spiro atoms. The summed E-state index contributed by atoms with van der Waals surface area (Å²) < 4.78 is 11.0. The zero-order valence-electron chi connectivity index (χ0n) is 15.4. The van der Waals surface area contributed by atoms with Crippen molar-refractivity contribution in [2.75, 3.05) is 14.2 Å². The molecule has 0 radical (unpaired) electrons. The molecule has 4 rings (SSSR count). The molecule has 3 heteroatoms. The van der Waals surface area contributed by atoms with Crippen LogP contribution in [-0.4, -0.2) is 19.2 Å². The number of ether oxygens (including phenoxy) is 2. The summed E-state index contributed by atoms with van der Waals surface area (Å²) in [6.07, 6.45) is 1.86. The summed E-state index contributed by atoms with van der Waals surface area (Å²) in [4.78, 5) is 4.79. The maximum absolute atomic E-state index is 5.54. The fourth-order valence-electron chi connectivity index (χ4n) is 3.55. The quantitative estimate of drug-likeness (QED) is 0.478. The van der Waals surface area contributed by atoms with E-state index in [2.05, 4.69) is 48.5 Å². The molecule has 0 saturated heterocycles. The molecule has 134 valence electrons. The van der Waals surface area contributed by atoms with E-state index in [9.17, 15) is 0 Å². The van der Waals surface area contributed by atoms with Gasteiger partial charge in [-0.15, -0.1) is 0 Å². The van der Waals surface area contributed by atoms with Crippen LogP contribution >= 0.6 is 0 Å². The van der Waals surface area contributed by atoms with Gasteiger partial charge in [0.25, 0.3) is 0 Å². The number of hydrogen-bond acceptors (Lipinski definition) is 3. The average molecular weight is 355 g/mol. The molecule has 0 aliphatic heterocycles. The van der Waals surface area contributed by atoms with E-state index >= 15 is 0 Å². The molecule has 0 fully saturated rings. The first-order valence-corrected chi connectivity index (χ1v) is 8.92. The monoisotopic (exact) mass is 355 g/mol. The molecule has 0 aliphatic rings. The Kier molecular flexibility index (Phi) is 4.75. The van der Waals surface area contributed by atoms with Gasteiger partial charge in [-0.2, -0.15) is 0 Å². The molecular weight excluding hydrogens is 334 g/mol. The van der Waals surface area contributed by atoms with Gasteiger partial charge in [-0.05, 0) is 34.7 Å². The van der Waals surface area contributed by atoms with Crippen LogP contribution in [0.1, 0.15) is 22.7 Å². The van der Waals surface area contributed by atoms with Gasteiger partial charge in [0.15, 0.2) is 11.5 Å². The van der Waals surface area contributed by atoms with E-state index in [0.29, 0.717) is 5.75 Å². The second-order valence-corrected chi connectivity index (χ2v) is 6.38. The lowest BCUT2D eigenvalue weighted by Crippen LogP contribution is -2.06. The number of fused-ring (bicyclic) bond motifs is 1. The smallest absolute Gasteiger partial charge is 0.161 e. The first kappa shape index (κ1) is 17.1. The summed E-state index contributed by atoms with van der Waals surface area (Å²) in [5.41, 5.74) is 3.42. The summed E-state index contributed by atoms with van der Waals surface area (Å²) in [7, 11) is 3.31. The van der Waals surface area contributed by atoms with E-state index in [-0.39, 0.29) is 5.92 Å². The maximum Gasteiger partial charge on any atom is 0.161 e. The highest BCUT2D eigenvalue weighted by molar-refractivity contribution is 5.89. The standard InChI is InChI=1S/C24H21NO2/c1-26-21-15-19-13-14-25-24(20(19)16-22(21)27-2)23(17-9-5-3-6-10-17)18-11-7-4-8-12-18/h3-16,23H,1-2H3. The number of benzene rings is 3. The fourth-order valence-corrected chi connectivity index (χ4v) is 3.55. The normalized spacial score (nSPS) is 10.9. The third kappa shape index (κ3) is 3.24. The Labute approximate surface area is 159 Å². The highest BCUT2D eigenvalue weighted by Gasteiger charge is 2.21. The highest BCUT2D eigenvalue weighted by atomic mass is 16.5. The Morgan fingerprint density at radius 2 is 1.26 bits per heavy atom. The topological polar surface area (TPSA) is 31.4 Å². The van der Waals surface area contributed by atoms with Gasteiger partial charge in [0.2, 0.25) is 0 Å². The molecule has 0 aliphatic carbocycles.